The summed E-state index contributed by atoms with van der Waals surface area (Å²) in [4.78, 5) is 6.10. The molecule has 1 saturated heterocycles. The lowest BCUT2D eigenvalue weighted by Crippen LogP contribution is -2.42. The van der Waals surface area contributed by atoms with Gasteiger partial charge in [0.05, 0.1) is 6.10 Å². The second-order valence-electron chi connectivity index (χ2n) is 5.39. The lowest BCUT2D eigenvalue weighted by atomic mass is 9.97. The molecule has 0 radical (unpaired) electrons. The third-order valence-electron chi connectivity index (χ3n) is 3.82. The van der Waals surface area contributed by atoms with E-state index in [1.54, 1.807) is 0 Å². The van der Waals surface area contributed by atoms with E-state index in [0.29, 0.717) is 30.8 Å². The van der Waals surface area contributed by atoms with Gasteiger partial charge in [-0.2, -0.15) is 18.3 Å². The first-order valence-electron chi connectivity index (χ1n) is 6.71. The molecular formula is C13H15F3N4O. The number of aromatic nitrogens is 3. The fourth-order valence-corrected chi connectivity index (χ4v) is 2.62. The van der Waals surface area contributed by atoms with Gasteiger partial charge in [0.1, 0.15) is 5.52 Å². The monoisotopic (exact) mass is 300 g/mol. The Bertz CT molecular complexity index is 654. The number of rotatable bonds is 1. The van der Waals surface area contributed by atoms with E-state index in [-0.39, 0.29) is 12.0 Å². The second kappa shape index (κ2) is 4.87. The van der Waals surface area contributed by atoms with Crippen LogP contribution in [0.3, 0.4) is 0 Å². The highest BCUT2D eigenvalue weighted by molar-refractivity contribution is 5.69. The summed E-state index contributed by atoms with van der Waals surface area (Å²) >= 11 is 0. The van der Waals surface area contributed by atoms with Crippen LogP contribution < -0.4 is 4.90 Å². The van der Waals surface area contributed by atoms with Gasteiger partial charge in [0, 0.05) is 31.5 Å². The van der Waals surface area contributed by atoms with E-state index in [9.17, 15) is 18.3 Å². The van der Waals surface area contributed by atoms with E-state index in [4.69, 9.17) is 0 Å². The van der Waals surface area contributed by atoms with Crippen molar-refractivity contribution in [3.8, 4) is 0 Å². The maximum Gasteiger partial charge on any atom is 0.435 e. The lowest BCUT2D eigenvalue weighted by molar-refractivity contribution is -0.141. The van der Waals surface area contributed by atoms with Crippen molar-refractivity contribution < 1.29 is 18.3 Å². The van der Waals surface area contributed by atoms with E-state index in [0.717, 1.165) is 6.07 Å². The number of hydrogen-bond donors (Lipinski definition) is 1. The van der Waals surface area contributed by atoms with Crippen molar-refractivity contribution in [2.45, 2.75) is 25.6 Å². The van der Waals surface area contributed by atoms with Crippen molar-refractivity contribution in [1.29, 1.82) is 0 Å². The molecule has 0 saturated carbocycles. The standard InChI is InChI=1S/C13H15F3N4O/c1-8-7-19(4-2-10(8)21)12-9-6-11(13(14,15)16)18-20(9)5-3-17-12/h3,5-6,8,10,21H,2,4,7H2,1H3. The highest BCUT2D eigenvalue weighted by Crippen LogP contribution is 2.32. The molecule has 2 aromatic heterocycles. The first-order chi connectivity index (χ1) is 9.86. The van der Waals surface area contributed by atoms with Crippen molar-refractivity contribution in [1.82, 2.24) is 14.6 Å². The summed E-state index contributed by atoms with van der Waals surface area (Å²) < 4.78 is 39.5. The molecule has 2 aromatic rings. The minimum atomic E-state index is -4.48. The first-order valence-corrected chi connectivity index (χ1v) is 6.71. The molecule has 2 unspecified atom stereocenters. The van der Waals surface area contributed by atoms with Gasteiger partial charge in [0.15, 0.2) is 11.5 Å². The Labute approximate surface area is 119 Å². The van der Waals surface area contributed by atoms with Crippen molar-refractivity contribution >= 4 is 11.3 Å². The fourth-order valence-electron chi connectivity index (χ4n) is 2.62. The highest BCUT2D eigenvalue weighted by Gasteiger charge is 2.35. The summed E-state index contributed by atoms with van der Waals surface area (Å²) in [7, 11) is 0. The quantitative estimate of drug-likeness (QED) is 0.874. The van der Waals surface area contributed by atoms with Gasteiger partial charge in [-0.25, -0.2) is 9.50 Å². The number of piperidine rings is 1. The Balaban J connectivity index is 2.01. The van der Waals surface area contributed by atoms with Crippen LogP contribution in [0.25, 0.3) is 5.52 Å². The largest absolute Gasteiger partial charge is 0.435 e. The molecule has 5 nitrogen and oxygen atoms in total. The molecule has 2 atom stereocenters. The third kappa shape index (κ3) is 2.55. The number of aliphatic hydroxyl groups excluding tert-OH is 1. The molecular weight excluding hydrogens is 285 g/mol. The average molecular weight is 300 g/mol. The first kappa shape index (κ1) is 14.1. The van der Waals surface area contributed by atoms with Crippen LogP contribution in [0.4, 0.5) is 19.0 Å². The van der Waals surface area contributed by atoms with Gasteiger partial charge in [0.25, 0.3) is 0 Å². The van der Waals surface area contributed by atoms with Crippen LogP contribution in [-0.4, -0.2) is 38.9 Å². The topological polar surface area (TPSA) is 53.7 Å². The van der Waals surface area contributed by atoms with Crippen LogP contribution in [0, 0.1) is 5.92 Å². The van der Waals surface area contributed by atoms with Gasteiger partial charge in [-0.1, -0.05) is 6.92 Å². The molecule has 3 rings (SSSR count). The summed E-state index contributed by atoms with van der Waals surface area (Å²) in [6.07, 6.45) is -1.45. The third-order valence-corrected chi connectivity index (χ3v) is 3.82. The minimum absolute atomic E-state index is 0.0471. The number of nitrogens with zero attached hydrogens (tertiary/aromatic N) is 4. The van der Waals surface area contributed by atoms with Crippen molar-refractivity contribution in [3.05, 3.63) is 24.2 Å². The molecule has 0 spiro atoms. The zero-order valence-corrected chi connectivity index (χ0v) is 11.4. The van der Waals surface area contributed by atoms with E-state index in [1.807, 2.05) is 11.8 Å². The molecule has 1 N–H and O–H groups in total. The van der Waals surface area contributed by atoms with Gasteiger partial charge in [-0.3, -0.25) is 0 Å². The molecule has 21 heavy (non-hydrogen) atoms. The summed E-state index contributed by atoms with van der Waals surface area (Å²) in [5, 5.41) is 13.3. The van der Waals surface area contributed by atoms with E-state index in [1.165, 1.54) is 16.9 Å². The molecule has 0 amide bonds. The normalized spacial score (nSPS) is 23.8. The SMILES string of the molecule is CC1CN(c2nccn3nc(C(F)(F)F)cc23)CCC1O. The Morgan fingerprint density at radius 2 is 2.14 bits per heavy atom. The smallest absolute Gasteiger partial charge is 0.393 e. The Morgan fingerprint density at radius 1 is 1.38 bits per heavy atom. The zero-order valence-electron chi connectivity index (χ0n) is 11.4. The second-order valence-corrected chi connectivity index (χ2v) is 5.39. The summed E-state index contributed by atoms with van der Waals surface area (Å²) in [6, 6.07) is 1.01. The number of halogens is 3. The van der Waals surface area contributed by atoms with Crippen LogP contribution >= 0.6 is 0 Å². The molecule has 3 heterocycles. The molecule has 1 aliphatic rings. The molecule has 1 fully saturated rings. The molecule has 114 valence electrons. The van der Waals surface area contributed by atoms with E-state index < -0.39 is 11.9 Å². The summed E-state index contributed by atoms with van der Waals surface area (Å²) in [5.41, 5.74) is -0.602. The van der Waals surface area contributed by atoms with Crippen molar-refractivity contribution in [2.24, 2.45) is 5.92 Å². The van der Waals surface area contributed by atoms with E-state index in [2.05, 4.69) is 10.1 Å². The highest BCUT2D eigenvalue weighted by atomic mass is 19.4. The number of aliphatic hydroxyl groups is 1. The number of alkyl halides is 3. The summed E-state index contributed by atoms with van der Waals surface area (Å²) in [5.74, 6) is 0.519. The molecule has 1 aliphatic heterocycles. The van der Waals surface area contributed by atoms with Crippen LogP contribution in [0.15, 0.2) is 18.5 Å². The maximum absolute atomic E-state index is 12.8. The van der Waals surface area contributed by atoms with Crippen LogP contribution in [0.2, 0.25) is 0 Å². The van der Waals surface area contributed by atoms with Crippen LogP contribution in [0.1, 0.15) is 19.0 Å². The van der Waals surface area contributed by atoms with Gasteiger partial charge < -0.3 is 10.0 Å². The predicted molar refractivity (Wildman–Crippen MR) is 70.0 cm³/mol. The van der Waals surface area contributed by atoms with Gasteiger partial charge in [0.2, 0.25) is 0 Å². The summed E-state index contributed by atoms with van der Waals surface area (Å²) in [6.45, 7) is 3.03. The van der Waals surface area contributed by atoms with Crippen LogP contribution in [-0.2, 0) is 6.18 Å². The Hall–Kier alpha value is -1.83. The van der Waals surface area contributed by atoms with Crippen molar-refractivity contribution in [2.75, 3.05) is 18.0 Å². The lowest BCUT2D eigenvalue weighted by Gasteiger charge is -2.35. The number of fused-ring (bicyclic) bond motifs is 1. The predicted octanol–water partition coefficient (Wildman–Crippen LogP) is 1.96. The molecule has 0 aliphatic carbocycles. The maximum atomic E-state index is 12.8. The van der Waals surface area contributed by atoms with Gasteiger partial charge >= 0.3 is 6.18 Å². The Kier molecular flexibility index (Phi) is 3.27. The minimum Gasteiger partial charge on any atom is -0.393 e. The van der Waals surface area contributed by atoms with Gasteiger partial charge in [-0.05, 0) is 12.3 Å². The van der Waals surface area contributed by atoms with E-state index >= 15 is 0 Å². The average Bonchev–Trinajstić information content (AvgIpc) is 2.86. The molecule has 0 aromatic carbocycles. The molecule has 0 bridgehead atoms. The number of anilines is 1. The van der Waals surface area contributed by atoms with Gasteiger partial charge in [-0.15, -0.1) is 0 Å². The van der Waals surface area contributed by atoms with Crippen molar-refractivity contribution in [3.63, 3.8) is 0 Å². The molecule has 8 heteroatoms. The Morgan fingerprint density at radius 3 is 2.81 bits per heavy atom. The van der Waals surface area contributed by atoms with Crippen LogP contribution in [0.5, 0.6) is 0 Å². The number of hydrogen-bond acceptors (Lipinski definition) is 4. The fraction of sp³-hybridized carbons (Fsp3) is 0.538. The zero-order chi connectivity index (χ0) is 15.2.